The predicted molar refractivity (Wildman–Crippen MR) is 139 cm³/mol. The highest BCUT2D eigenvalue weighted by molar-refractivity contribution is 8.13. The fraction of sp³-hybridized carbons (Fsp3) is 0.417. The van der Waals surface area contributed by atoms with Crippen LogP contribution in [0.15, 0.2) is 40.3 Å². The summed E-state index contributed by atoms with van der Waals surface area (Å²) in [5, 5.41) is 9.06. The van der Waals surface area contributed by atoms with Gasteiger partial charge in [0.2, 0.25) is 0 Å². The van der Waals surface area contributed by atoms with E-state index in [0.717, 1.165) is 60.4 Å². The zero-order valence-corrected chi connectivity index (χ0v) is 20.7. The number of nitrogens with one attached hydrogen (secondary N) is 2. The molecule has 0 bridgehead atoms. The van der Waals surface area contributed by atoms with Gasteiger partial charge in [0.25, 0.3) is 0 Å². The Morgan fingerprint density at radius 2 is 2.00 bits per heavy atom. The van der Waals surface area contributed by atoms with Crippen molar-refractivity contribution in [1.82, 2.24) is 5.32 Å². The Balaban J connectivity index is 1.75. The molecule has 2 N–H and O–H groups in total. The molecule has 7 heteroatoms. The van der Waals surface area contributed by atoms with Gasteiger partial charge in [-0.15, -0.1) is 11.8 Å². The maximum absolute atomic E-state index is 6.16. The molecule has 0 saturated heterocycles. The van der Waals surface area contributed by atoms with E-state index in [0.29, 0.717) is 16.6 Å². The van der Waals surface area contributed by atoms with Crippen LogP contribution in [-0.4, -0.2) is 29.8 Å². The fourth-order valence-corrected chi connectivity index (χ4v) is 4.47. The molecule has 4 nitrogen and oxygen atoms in total. The lowest BCUT2D eigenvalue weighted by Gasteiger charge is -2.19. The van der Waals surface area contributed by atoms with E-state index in [1.54, 1.807) is 0 Å². The summed E-state index contributed by atoms with van der Waals surface area (Å²) in [7, 11) is 0. The Morgan fingerprint density at radius 3 is 2.71 bits per heavy atom. The van der Waals surface area contributed by atoms with Crippen molar-refractivity contribution in [2.75, 3.05) is 24.2 Å². The first-order valence-corrected chi connectivity index (χ1v) is 12.5. The summed E-state index contributed by atoms with van der Waals surface area (Å²) in [6, 6.07) is 10.2. The Kier molecular flexibility index (Phi) is 9.12. The highest BCUT2D eigenvalue weighted by Gasteiger charge is 2.11. The van der Waals surface area contributed by atoms with Crippen molar-refractivity contribution in [2.45, 2.75) is 46.6 Å². The molecule has 0 spiro atoms. The van der Waals surface area contributed by atoms with Gasteiger partial charge >= 0.3 is 0 Å². The third-order valence-corrected chi connectivity index (χ3v) is 7.03. The predicted octanol–water partition coefficient (Wildman–Crippen LogP) is 6.66. The highest BCUT2D eigenvalue weighted by Crippen LogP contribution is 2.25. The minimum atomic E-state index is 0.573. The van der Waals surface area contributed by atoms with Crippen LogP contribution in [-0.2, 0) is 13.0 Å². The molecule has 1 aliphatic rings. The van der Waals surface area contributed by atoms with Gasteiger partial charge in [0, 0.05) is 25.2 Å². The van der Waals surface area contributed by atoms with E-state index in [1.807, 2.05) is 30.0 Å². The molecule has 166 valence electrons. The molecule has 2 aromatic rings. The van der Waals surface area contributed by atoms with Crippen LogP contribution in [0, 0.1) is 13.8 Å². The van der Waals surface area contributed by atoms with Gasteiger partial charge in [-0.05, 0) is 72.9 Å². The molecule has 0 fully saturated rings. The van der Waals surface area contributed by atoms with Crippen LogP contribution in [0.5, 0.6) is 0 Å². The molecule has 0 unspecified atom stereocenters. The number of guanidine groups is 1. The minimum absolute atomic E-state index is 0.573. The quantitative estimate of drug-likeness (QED) is 0.347. The number of aliphatic imine (C=N–C) groups is 2. The van der Waals surface area contributed by atoms with Gasteiger partial charge in [0.15, 0.2) is 5.96 Å². The molecule has 1 aliphatic heterocycles. The van der Waals surface area contributed by atoms with Gasteiger partial charge in [-0.1, -0.05) is 42.3 Å². The van der Waals surface area contributed by atoms with Crippen LogP contribution in [0.1, 0.15) is 42.0 Å². The van der Waals surface area contributed by atoms with Crippen LogP contribution >= 0.6 is 35.0 Å². The molecule has 0 aliphatic carbocycles. The second kappa shape index (κ2) is 11.8. The molecular weight excluding hydrogens is 447 g/mol. The van der Waals surface area contributed by atoms with Crippen molar-refractivity contribution in [3.05, 3.63) is 62.6 Å². The van der Waals surface area contributed by atoms with E-state index in [2.05, 4.69) is 48.5 Å². The first-order valence-electron chi connectivity index (χ1n) is 10.7. The first-order chi connectivity index (χ1) is 15.0. The highest BCUT2D eigenvalue weighted by atomic mass is 35.5. The summed E-state index contributed by atoms with van der Waals surface area (Å²) in [6.07, 6.45) is 3.03. The number of benzene rings is 2. The molecular formula is C24H30Cl2N4S. The Labute approximate surface area is 199 Å². The molecule has 1 heterocycles. The molecule has 3 rings (SSSR count). The first kappa shape index (κ1) is 24.0. The Bertz CT molecular complexity index is 972. The summed E-state index contributed by atoms with van der Waals surface area (Å²) in [6.45, 7) is 8.94. The largest absolute Gasteiger partial charge is 0.356 e. The van der Waals surface area contributed by atoms with E-state index in [-0.39, 0.29) is 0 Å². The third-order valence-electron chi connectivity index (χ3n) is 5.07. The number of anilines is 1. The average molecular weight is 478 g/mol. The van der Waals surface area contributed by atoms with E-state index in [1.165, 1.54) is 16.7 Å². The molecule has 0 saturated carbocycles. The maximum Gasteiger partial charge on any atom is 0.195 e. The molecule has 2 aromatic carbocycles. The SMILES string of the molecule is CCCSC(Cc1cc(C)c(NC2=NCCCN2)cc1C)=NCc1ccc(Cl)c(Cl)c1. The molecule has 0 aromatic heterocycles. The van der Waals surface area contributed by atoms with Gasteiger partial charge in [0.1, 0.15) is 0 Å². The summed E-state index contributed by atoms with van der Waals surface area (Å²) in [5.41, 5.74) is 5.93. The lowest BCUT2D eigenvalue weighted by molar-refractivity contribution is 0.740. The standard InChI is InChI=1S/C24H30Cl2N4S/c1-4-10-31-23(29-15-18-6-7-20(25)21(26)13-18)14-19-11-17(3)22(12-16(19)2)30-24-27-8-5-9-28-24/h6-7,11-13H,4-5,8-10,14-15H2,1-3H3,(H2,27,28,30). The fourth-order valence-electron chi connectivity index (χ4n) is 3.30. The number of thioether (sulfide) groups is 1. The van der Waals surface area contributed by atoms with Gasteiger partial charge in [-0.25, -0.2) is 0 Å². The average Bonchev–Trinajstić information content (AvgIpc) is 2.76. The number of hydrogen-bond acceptors (Lipinski definition) is 5. The van der Waals surface area contributed by atoms with Crippen LogP contribution in [0.2, 0.25) is 10.0 Å². The molecule has 0 radical (unpaired) electrons. The number of rotatable bonds is 7. The zero-order chi connectivity index (χ0) is 22.2. The van der Waals surface area contributed by atoms with Crippen molar-refractivity contribution in [1.29, 1.82) is 0 Å². The van der Waals surface area contributed by atoms with E-state index >= 15 is 0 Å². The second-order valence-corrected chi connectivity index (χ2v) is 9.70. The summed E-state index contributed by atoms with van der Waals surface area (Å²) in [5.74, 6) is 1.92. The van der Waals surface area contributed by atoms with Crippen molar-refractivity contribution < 1.29 is 0 Å². The second-order valence-electron chi connectivity index (χ2n) is 7.71. The van der Waals surface area contributed by atoms with Crippen molar-refractivity contribution in [3.8, 4) is 0 Å². The van der Waals surface area contributed by atoms with Crippen molar-refractivity contribution >= 4 is 51.7 Å². The third kappa shape index (κ3) is 7.16. The molecule has 31 heavy (non-hydrogen) atoms. The van der Waals surface area contributed by atoms with Crippen LogP contribution in [0.25, 0.3) is 0 Å². The van der Waals surface area contributed by atoms with Crippen LogP contribution in [0.4, 0.5) is 5.69 Å². The van der Waals surface area contributed by atoms with Gasteiger partial charge in [0.05, 0.1) is 21.6 Å². The molecule has 0 atom stereocenters. The normalized spacial score (nSPS) is 14.2. The summed E-state index contributed by atoms with van der Waals surface area (Å²) >= 11 is 14.0. The lowest BCUT2D eigenvalue weighted by atomic mass is 10.0. The Hall–Kier alpha value is -1.69. The number of nitrogens with zero attached hydrogens (tertiary/aromatic N) is 2. The van der Waals surface area contributed by atoms with Crippen LogP contribution in [0.3, 0.4) is 0 Å². The molecule has 0 amide bonds. The Morgan fingerprint density at radius 1 is 1.16 bits per heavy atom. The summed E-state index contributed by atoms with van der Waals surface area (Å²) < 4.78 is 0. The lowest BCUT2D eigenvalue weighted by Crippen LogP contribution is -2.35. The van der Waals surface area contributed by atoms with E-state index in [4.69, 9.17) is 28.2 Å². The zero-order valence-electron chi connectivity index (χ0n) is 18.4. The number of halogens is 2. The van der Waals surface area contributed by atoms with E-state index in [9.17, 15) is 0 Å². The number of aryl methyl sites for hydroxylation is 2. The van der Waals surface area contributed by atoms with Gasteiger partial charge < -0.3 is 10.6 Å². The van der Waals surface area contributed by atoms with E-state index < -0.39 is 0 Å². The van der Waals surface area contributed by atoms with Crippen molar-refractivity contribution in [2.24, 2.45) is 9.98 Å². The number of hydrogen-bond donors (Lipinski definition) is 2. The monoisotopic (exact) mass is 476 g/mol. The van der Waals surface area contributed by atoms with Gasteiger partial charge in [-0.3, -0.25) is 9.98 Å². The summed E-state index contributed by atoms with van der Waals surface area (Å²) in [4.78, 5) is 9.44. The van der Waals surface area contributed by atoms with Gasteiger partial charge in [-0.2, -0.15) is 0 Å². The maximum atomic E-state index is 6.16. The van der Waals surface area contributed by atoms with Crippen LogP contribution < -0.4 is 10.6 Å². The smallest absolute Gasteiger partial charge is 0.195 e. The minimum Gasteiger partial charge on any atom is -0.356 e. The van der Waals surface area contributed by atoms with Crippen molar-refractivity contribution in [3.63, 3.8) is 0 Å². The topological polar surface area (TPSA) is 48.8 Å².